The van der Waals surface area contributed by atoms with Gasteiger partial charge in [0.1, 0.15) is 11.8 Å². The average Bonchev–Trinajstić information content (AvgIpc) is 3.12. The molecule has 5 aromatic rings. The summed E-state index contributed by atoms with van der Waals surface area (Å²) in [7, 11) is 0. The summed E-state index contributed by atoms with van der Waals surface area (Å²) in [5.74, 6) is 0. The Morgan fingerprint density at radius 3 is 2.34 bits per heavy atom. The van der Waals surface area contributed by atoms with Crippen LogP contribution in [0.5, 0.6) is 0 Å². The van der Waals surface area contributed by atoms with Crippen LogP contribution in [0.3, 0.4) is 0 Å². The van der Waals surface area contributed by atoms with Gasteiger partial charge in [0.15, 0.2) is 0 Å². The van der Waals surface area contributed by atoms with Gasteiger partial charge in [-0.1, -0.05) is 42.5 Å². The van der Waals surface area contributed by atoms with E-state index in [1.165, 1.54) is 0 Å². The smallest absolute Gasteiger partial charge is 0.141 e. The Balaban J connectivity index is 1.88. The van der Waals surface area contributed by atoms with Crippen molar-refractivity contribution in [3.8, 4) is 29.1 Å². The van der Waals surface area contributed by atoms with Crippen molar-refractivity contribution in [3.05, 3.63) is 96.2 Å². The molecule has 3 aromatic carbocycles. The predicted octanol–water partition coefficient (Wildman–Crippen LogP) is 5.59. The summed E-state index contributed by atoms with van der Waals surface area (Å²) >= 11 is 0. The summed E-state index contributed by atoms with van der Waals surface area (Å²) in [6, 6.07) is 31.8. The molecule has 0 aliphatic carbocycles. The van der Waals surface area contributed by atoms with Crippen molar-refractivity contribution in [2.75, 3.05) is 0 Å². The fraction of sp³-hybridized carbons (Fsp3) is 0. The zero-order valence-electron chi connectivity index (χ0n) is 15.4. The van der Waals surface area contributed by atoms with E-state index in [9.17, 15) is 10.5 Å². The summed E-state index contributed by atoms with van der Waals surface area (Å²) in [5.41, 5.74) is 5.77. The zero-order chi connectivity index (χ0) is 19.8. The third kappa shape index (κ3) is 2.64. The Kier molecular flexibility index (Phi) is 3.83. The summed E-state index contributed by atoms with van der Waals surface area (Å²) < 4.78 is 2.20. The topological polar surface area (TPSA) is 65.4 Å². The number of nitrogens with zero attached hydrogens (tertiary/aromatic N) is 4. The maximum atomic E-state index is 9.34. The second-order valence-corrected chi connectivity index (χ2v) is 6.73. The molecule has 0 radical (unpaired) electrons. The molecule has 0 saturated heterocycles. The molecule has 0 amide bonds. The van der Waals surface area contributed by atoms with E-state index < -0.39 is 0 Å². The van der Waals surface area contributed by atoms with Crippen LogP contribution in [0, 0.1) is 22.7 Å². The van der Waals surface area contributed by atoms with Crippen molar-refractivity contribution >= 4 is 21.8 Å². The number of para-hydroxylation sites is 2. The summed E-state index contributed by atoms with van der Waals surface area (Å²) in [4.78, 5) is 4.50. The number of hydrogen-bond acceptors (Lipinski definition) is 3. The fourth-order valence-corrected chi connectivity index (χ4v) is 3.83. The molecule has 0 fully saturated rings. The van der Waals surface area contributed by atoms with Crippen LogP contribution in [-0.2, 0) is 0 Å². The van der Waals surface area contributed by atoms with Gasteiger partial charge in [-0.15, -0.1) is 0 Å². The monoisotopic (exact) mass is 370 g/mol. The molecule has 5 rings (SSSR count). The van der Waals surface area contributed by atoms with E-state index in [1.54, 1.807) is 6.07 Å². The molecule has 0 spiro atoms. The lowest BCUT2D eigenvalue weighted by Gasteiger charge is -2.13. The second kappa shape index (κ2) is 6.64. The van der Waals surface area contributed by atoms with Gasteiger partial charge in [-0.3, -0.25) is 0 Å². The van der Waals surface area contributed by atoms with Crippen LogP contribution < -0.4 is 0 Å². The molecule has 0 aliphatic heterocycles. The van der Waals surface area contributed by atoms with Crippen molar-refractivity contribution in [3.63, 3.8) is 0 Å². The highest BCUT2D eigenvalue weighted by Crippen LogP contribution is 2.35. The van der Waals surface area contributed by atoms with Gasteiger partial charge >= 0.3 is 0 Å². The highest BCUT2D eigenvalue weighted by atomic mass is 15.0. The van der Waals surface area contributed by atoms with Crippen molar-refractivity contribution in [2.24, 2.45) is 0 Å². The van der Waals surface area contributed by atoms with Gasteiger partial charge in [-0.25, -0.2) is 4.98 Å². The Hall–Kier alpha value is -4.41. The lowest BCUT2D eigenvalue weighted by Crippen LogP contribution is -1.98. The van der Waals surface area contributed by atoms with E-state index in [0.717, 1.165) is 38.8 Å². The standard InChI is InChI=1S/C25H14N4/c26-15-17-12-13-25-21(14-17)19-7-1-3-10-23(19)29(25)24-11-4-2-8-20(24)22-9-5-6-18(16-27)28-22/h1-14H. The molecular formula is C25H14N4. The molecule has 0 unspecified atom stereocenters. The van der Waals surface area contributed by atoms with Crippen LogP contribution >= 0.6 is 0 Å². The van der Waals surface area contributed by atoms with Crippen LogP contribution in [0.1, 0.15) is 11.3 Å². The molecule has 134 valence electrons. The van der Waals surface area contributed by atoms with Gasteiger partial charge in [0.25, 0.3) is 0 Å². The SMILES string of the molecule is N#Cc1ccc2c(c1)c1ccccc1n2-c1ccccc1-c1cccc(C#N)n1. The van der Waals surface area contributed by atoms with E-state index in [-0.39, 0.29) is 0 Å². The van der Waals surface area contributed by atoms with Crippen LogP contribution in [0.2, 0.25) is 0 Å². The Bertz CT molecular complexity index is 1480. The first kappa shape index (κ1) is 16.7. The van der Waals surface area contributed by atoms with Crippen LogP contribution in [0.25, 0.3) is 38.8 Å². The fourth-order valence-electron chi connectivity index (χ4n) is 3.83. The van der Waals surface area contributed by atoms with Gasteiger partial charge in [0, 0.05) is 16.3 Å². The van der Waals surface area contributed by atoms with Crippen LogP contribution in [0.4, 0.5) is 0 Å². The van der Waals surface area contributed by atoms with Crippen molar-refractivity contribution in [1.82, 2.24) is 9.55 Å². The van der Waals surface area contributed by atoms with Crippen molar-refractivity contribution in [1.29, 1.82) is 10.5 Å². The quantitative estimate of drug-likeness (QED) is 0.407. The molecule has 0 bridgehead atoms. The van der Waals surface area contributed by atoms with Gasteiger partial charge in [0.05, 0.1) is 34.0 Å². The number of rotatable bonds is 2. The number of fused-ring (bicyclic) bond motifs is 3. The molecule has 0 atom stereocenters. The van der Waals surface area contributed by atoms with E-state index in [2.05, 4.69) is 39.9 Å². The van der Waals surface area contributed by atoms with Crippen molar-refractivity contribution in [2.45, 2.75) is 0 Å². The maximum absolute atomic E-state index is 9.34. The predicted molar refractivity (Wildman–Crippen MR) is 113 cm³/mol. The van der Waals surface area contributed by atoms with E-state index >= 15 is 0 Å². The molecule has 0 N–H and O–H groups in total. The lowest BCUT2D eigenvalue weighted by molar-refractivity contribution is 1.17. The second-order valence-electron chi connectivity index (χ2n) is 6.73. The number of nitriles is 2. The summed E-state index contributed by atoms with van der Waals surface area (Å²) in [6.07, 6.45) is 0. The van der Waals surface area contributed by atoms with Crippen LogP contribution in [0.15, 0.2) is 84.9 Å². The molecule has 29 heavy (non-hydrogen) atoms. The minimum Gasteiger partial charge on any atom is -0.309 e. The largest absolute Gasteiger partial charge is 0.309 e. The maximum Gasteiger partial charge on any atom is 0.141 e. The van der Waals surface area contributed by atoms with E-state index in [1.807, 2.05) is 60.7 Å². The summed E-state index contributed by atoms with van der Waals surface area (Å²) in [5, 5.41) is 20.7. The molecule has 0 saturated carbocycles. The Labute approximate surface area is 167 Å². The average molecular weight is 370 g/mol. The normalized spacial score (nSPS) is 10.7. The zero-order valence-corrected chi connectivity index (χ0v) is 15.4. The first-order valence-corrected chi connectivity index (χ1v) is 9.20. The number of pyridine rings is 1. The number of hydrogen-bond donors (Lipinski definition) is 0. The van der Waals surface area contributed by atoms with Gasteiger partial charge in [-0.2, -0.15) is 10.5 Å². The molecule has 4 nitrogen and oxygen atoms in total. The number of benzene rings is 3. The van der Waals surface area contributed by atoms with Gasteiger partial charge in [-0.05, 0) is 42.5 Å². The summed E-state index contributed by atoms with van der Waals surface area (Å²) in [6.45, 7) is 0. The minimum atomic E-state index is 0.387. The third-order valence-electron chi connectivity index (χ3n) is 5.09. The molecule has 2 aromatic heterocycles. The molecule has 4 heteroatoms. The highest BCUT2D eigenvalue weighted by Gasteiger charge is 2.16. The third-order valence-corrected chi connectivity index (χ3v) is 5.09. The molecule has 2 heterocycles. The Morgan fingerprint density at radius 1 is 0.690 bits per heavy atom. The van der Waals surface area contributed by atoms with Gasteiger partial charge < -0.3 is 4.57 Å². The lowest BCUT2D eigenvalue weighted by atomic mass is 10.1. The first-order chi connectivity index (χ1) is 14.3. The Morgan fingerprint density at radius 2 is 1.48 bits per heavy atom. The number of aromatic nitrogens is 2. The molecule has 0 aliphatic rings. The van der Waals surface area contributed by atoms with Crippen molar-refractivity contribution < 1.29 is 0 Å². The minimum absolute atomic E-state index is 0.387. The first-order valence-electron chi connectivity index (χ1n) is 9.20. The molecular weight excluding hydrogens is 356 g/mol. The van der Waals surface area contributed by atoms with Gasteiger partial charge in [0.2, 0.25) is 0 Å². The van der Waals surface area contributed by atoms with E-state index in [0.29, 0.717) is 11.3 Å². The van der Waals surface area contributed by atoms with Crippen LogP contribution in [-0.4, -0.2) is 9.55 Å². The highest BCUT2D eigenvalue weighted by molar-refractivity contribution is 6.10. The van der Waals surface area contributed by atoms with E-state index in [4.69, 9.17) is 0 Å².